The number of pyridine rings is 2. The first-order chi connectivity index (χ1) is 23.4. The van der Waals surface area contributed by atoms with Crippen molar-refractivity contribution in [3.05, 3.63) is 119 Å². The van der Waals surface area contributed by atoms with Crippen LogP contribution in [0.15, 0.2) is 79.1 Å². The fourth-order valence-corrected chi connectivity index (χ4v) is 6.32. The largest absolute Gasteiger partial charge is 0.473 e. The first-order valence-electron chi connectivity index (χ1n) is 16.2. The second kappa shape index (κ2) is 14.0. The Labute approximate surface area is 277 Å². The average molecular weight is 650 g/mol. The summed E-state index contributed by atoms with van der Waals surface area (Å²) in [5.41, 5.74) is 4.22. The number of carbonyl (C=O) groups excluding carboxylic acids is 2. The van der Waals surface area contributed by atoms with Crippen molar-refractivity contribution in [1.82, 2.24) is 24.4 Å². The maximum atomic E-state index is 14.9. The number of piperidine rings is 1. The first kappa shape index (κ1) is 31.6. The van der Waals surface area contributed by atoms with Crippen molar-refractivity contribution in [1.29, 1.82) is 0 Å². The van der Waals surface area contributed by atoms with Gasteiger partial charge in [0, 0.05) is 53.4 Å². The maximum Gasteiger partial charge on any atom is 0.337 e. The number of methoxy groups -OCH3 is 1. The summed E-state index contributed by atoms with van der Waals surface area (Å²) in [5.74, 6) is 0.493. The molecule has 0 radical (unpaired) electrons. The molecule has 2 fully saturated rings. The van der Waals surface area contributed by atoms with Crippen LogP contribution in [0.25, 0.3) is 11.0 Å². The van der Waals surface area contributed by atoms with Crippen LogP contribution in [0.2, 0.25) is 0 Å². The van der Waals surface area contributed by atoms with Crippen LogP contribution in [-0.4, -0.2) is 69.1 Å². The number of likely N-dealkylation sites (tertiary alicyclic amines) is 1. The third-order valence-electron chi connectivity index (χ3n) is 9.16. The van der Waals surface area contributed by atoms with Crippen molar-refractivity contribution in [2.24, 2.45) is 0 Å². The van der Waals surface area contributed by atoms with Crippen molar-refractivity contribution in [2.45, 2.75) is 51.0 Å². The van der Waals surface area contributed by atoms with E-state index in [0.717, 1.165) is 61.5 Å². The van der Waals surface area contributed by atoms with E-state index in [2.05, 4.69) is 14.5 Å². The highest BCUT2D eigenvalue weighted by molar-refractivity contribution is 6.08. The molecule has 3 aromatic heterocycles. The SMILES string of the molecule is COC(=O)c1ccc2nc(CN3CCC(c4cccc(OCc5ccc(C(=O)c6cccnc6)cc5F)n4)CC3)n(CC3CCO3)c2c1. The van der Waals surface area contributed by atoms with Gasteiger partial charge in [-0.15, -0.1) is 0 Å². The molecule has 1 unspecified atom stereocenters. The lowest BCUT2D eigenvalue weighted by Crippen LogP contribution is -2.35. The Morgan fingerprint density at radius 2 is 1.79 bits per heavy atom. The second-order valence-electron chi connectivity index (χ2n) is 12.2. The van der Waals surface area contributed by atoms with Crippen molar-refractivity contribution in [3.8, 4) is 5.88 Å². The lowest BCUT2D eigenvalue weighted by molar-refractivity contribution is -0.0592. The van der Waals surface area contributed by atoms with Crippen molar-refractivity contribution >= 4 is 22.8 Å². The van der Waals surface area contributed by atoms with Gasteiger partial charge in [0.25, 0.3) is 0 Å². The van der Waals surface area contributed by atoms with Crippen LogP contribution in [0.1, 0.15) is 68.5 Å². The van der Waals surface area contributed by atoms with E-state index in [9.17, 15) is 14.0 Å². The zero-order valence-electron chi connectivity index (χ0n) is 26.7. The zero-order valence-corrected chi connectivity index (χ0v) is 26.7. The van der Waals surface area contributed by atoms with Gasteiger partial charge < -0.3 is 18.8 Å². The number of ether oxygens (including phenoxy) is 3. The van der Waals surface area contributed by atoms with Gasteiger partial charge in [-0.3, -0.25) is 14.7 Å². The minimum Gasteiger partial charge on any atom is -0.473 e. The topological polar surface area (TPSA) is 109 Å². The smallest absolute Gasteiger partial charge is 0.337 e. The van der Waals surface area contributed by atoms with Crippen LogP contribution >= 0.6 is 0 Å². The Morgan fingerprint density at radius 3 is 2.52 bits per heavy atom. The highest BCUT2D eigenvalue weighted by Crippen LogP contribution is 2.30. The van der Waals surface area contributed by atoms with Crippen LogP contribution in [0.5, 0.6) is 5.88 Å². The number of rotatable bonds is 11. The summed E-state index contributed by atoms with van der Waals surface area (Å²) in [7, 11) is 1.39. The van der Waals surface area contributed by atoms with Crippen LogP contribution in [0.4, 0.5) is 4.39 Å². The van der Waals surface area contributed by atoms with Crippen LogP contribution in [-0.2, 0) is 29.2 Å². The van der Waals surface area contributed by atoms with Gasteiger partial charge >= 0.3 is 5.97 Å². The quantitative estimate of drug-likeness (QED) is 0.131. The van der Waals surface area contributed by atoms with E-state index >= 15 is 0 Å². The Bertz CT molecular complexity index is 1940. The predicted molar refractivity (Wildman–Crippen MR) is 175 cm³/mol. The van der Waals surface area contributed by atoms with E-state index in [1.807, 2.05) is 24.3 Å². The lowest BCUT2D eigenvalue weighted by atomic mass is 9.93. The number of halogens is 1. The molecule has 0 aliphatic carbocycles. The zero-order chi connectivity index (χ0) is 33.0. The molecule has 0 spiro atoms. The van der Waals surface area contributed by atoms with E-state index in [0.29, 0.717) is 35.7 Å². The summed E-state index contributed by atoms with van der Waals surface area (Å²) in [6.45, 7) is 3.91. The molecular weight excluding hydrogens is 613 g/mol. The van der Waals surface area contributed by atoms with E-state index in [-0.39, 0.29) is 35.9 Å². The van der Waals surface area contributed by atoms with Crippen molar-refractivity contribution in [2.75, 3.05) is 26.8 Å². The summed E-state index contributed by atoms with van der Waals surface area (Å²) in [5, 5.41) is 0. The van der Waals surface area contributed by atoms with E-state index < -0.39 is 5.82 Å². The highest BCUT2D eigenvalue weighted by Gasteiger charge is 2.26. The molecule has 2 aliphatic rings. The number of carbonyl (C=O) groups is 2. The van der Waals surface area contributed by atoms with Gasteiger partial charge in [-0.25, -0.2) is 19.2 Å². The Hall–Kier alpha value is -5.00. The molecule has 7 rings (SSSR count). The number of fused-ring (bicyclic) bond motifs is 1. The van der Waals surface area contributed by atoms with Gasteiger partial charge in [0.1, 0.15) is 18.2 Å². The highest BCUT2D eigenvalue weighted by atomic mass is 19.1. The molecule has 2 aliphatic heterocycles. The summed E-state index contributed by atoms with van der Waals surface area (Å²) >= 11 is 0. The fraction of sp³-hybridized carbons (Fsp3) is 0.324. The third-order valence-corrected chi connectivity index (χ3v) is 9.16. The predicted octanol–water partition coefficient (Wildman–Crippen LogP) is 5.73. The molecule has 5 heterocycles. The molecule has 10 nitrogen and oxygen atoms in total. The number of esters is 1. The molecule has 2 aromatic carbocycles. The average Bonchev–Trinajstić information content (AvgIpc) is 3.45. The van der Waals surface area contributed by atoms with E-state index in [1.54, 1.807) is 42.6 Å². The second-order valence-corrected chi connectivity index (χ2v) is 12.2. The normalized spacial score (nSPS) is 16.8. The van der Waals surface area contributed by atoms with Gasteiger partial charge in [0.15, 0.2) is 5.78 Å². The number of ketones is 1. The van der Waals surface area contributed by atoms with Crippen molar-refractivity contribution in [3.63, 3.8) is 0 Å². The number of benzene rings is 2. The molecule has 0 amide bonds. The Balaban J connectivity index is 0.974. The van der Waals surface area contributed by atoms with Crippen molar-refractivity contribution < 1.29 is 28.2 Å². The number of aromatic nitrogens is 4. The lowest BCUT2D eigenvalue weighted by Gasteiger charge is -2.32. The van der Waals surface area contributed by atoms with Crippen LogP contribution < -0.4 is 4.74 Å². The monoisotopic (exact) mass is 649 g/mol. The molecule has 0 bridgehead atoms. The standard InChI is InChI=1S/C37H36FN5O5/c1-46-37(45)26-9-10-32-33(19-26)43(21-29-13-17-47-29)34(40-32)22-42-15-11-24(12-16-42)31-5-2-6-35(41-31)48-23-28-8-7-25(18-30(28)38)36(44)27-4-3-14-39-20-27/h2-10,14,18-20,24,29H,11-13,15-17,21-23H2,1H3. The molecule has 5 aromatic rings. The number of nitrogens with zero attached hydrogens (tertiary/aromatic N) is 5. The summed E-state index contributed by atoms with van der Waals surface area (Å²) < 4.78 is 33.7. The summed E-state index contributed by atoms with van der Waals surface area (Å²) in [6.07, 6.45) is 6.06. The van der Waals surface area contributed by atoms with Gasteiger partial charge in [0.05, 0.1) is 42.9 Å². The van der Waals surface area contributed by atoms with Gasteiger partial charge in [-0.05, 0) is 74.8 Å². The van der Waals surface area contributed by atoms with Crippen LogP contribution in [0.3, 0.4) is 0 Å². The minimum absolute atomic E-state index is 0.00385. The molecule has 0 saturated carbocycles. The van der Waals surface area contributed by atoms with Gasteiger partial charge in [-0.2, -0.15) is 0 Å². The first-order valence-corrected chi connectivity index (χ1v) is 16.2. The third kappa shape index (κ3) is 6.83. The molecule has 2 saturated heterocycles. The number of hydrogen-bond donors (Lipinski definition) is 0. The van der Waals surface area contributed by atoms with Gasteiger partial charge in [0.2, 0.25) is 5.88 Å². The molecule has 246 valence electrons. The van der Waals surface area contributed by atoms with Gasteiger partial charge in [-0.1, -0.05) is 18.2 Å². The summed E-state index contributed by atoms with van der Waals surface area (Å²) in [4.78, 5) is 41.0. The molecule has 48 heavy (non-hydrogen) atoms. The van der Waals surface area contributed by atoms with E-state index in [4.69, 9.17) is 24.2 Å². The minimum atomic E-state index is -0.508. The Morgan fingerprint density at radius 1 is 0.958 bits per heavy atom. The van der Waals surface area contributed by atoms with E-state index in [1.165, 1.54) is 19.4 Å². The Kier molecular flexibility index (Phi) is 9.22. The fourth-order valence-electron chi connectivity index (χ4n) is 6.32. The number of hydrogen-bond acceptors (Lipinski definition) is 9. The molecule has 1 atom stereocenters. The molecular formula is C37H36FN5O5. The molecule has 11 heteroatoms. The summed E-state index contributed by atoms with van der Waals surface area (Å²) in [6, 6.07) is 18.9. The molecule has 0 N–H and O–H groups in total. The number of imidazole rings is 1. The van der Waals surface area contributed by atoms with Crippen LogP contribution in [0, 0.1) is 5.82 Å². The maximum absolute atomic E-state index is 14.9.